The Bertz CT molecular complexity index is 2280. The summed E-state index contributed by atoms with van der Waals surface area (Å²) in [7, 11) is 0. The molecule has 8 rings (SSSR count). The molecule has 1 aliphatic heterocycles. The maximum absolute atomic E-state index is 14.2. The van der Waals surface area contributed by atoms with Crippen molar-refractivity contribution in [1.29, 1.82) is 0 Å². The molecule has 2 amide bonds. The number of rotatable bonds is 4. The Labute approximate surface area is 269 Å². The van der Waals surface area contributed by atoms with Crippen molar-refractivity contribution < 1.29 is 9.59 Å². The van der Waals surface area contributed by atoms with E-state index in [9.17, 15) is 9.59 Å². The average Bonchev–Trinajstić information content (AvgIpc) is 3.56. The zero-order valence-corrected chi connectivity index (χ0v) is 26.4. The Hall–Kier alpha value is -5.74. The maximum Gasteiger partial charge on any atom is 0.268 e. The van der Waals surface area contributed by atoms with Gasteiger partial charge in [-0.25, -0.2) is 4.90 Å². The molecule has 2 heterocycles. The molecule has 4 heteroatoms. The summed E-state index contributed by atoms with van der Waals surface area (Å²) in [5, 5.41) is 2.19. The van der Waals surface area contributed by atoms with Crippen molar-refractivity contribution >= 4 is 39.3 Å². The van der Waals surface area contributed by atoms with E-state index in [1.54, 1.807) is 6.07 Å². The van der Waals surface area contributed by atoms with E-state index in [-0.39, 0.29) is 11.8 Å². The summed E-state index contributed by atoms with van der Waals surface area (Å²) in [4.78, 5) is 29.3. The predicted octanol–water partition coefficient (Wildman–Crippen LogP) is 10.6. The van der Waals surface area contributed by atoms with E-state index in [0.717, 1.165) is 38.5 Å². The molecule has 0 radical (unpaired) electrons. The van der Waals surface area contributed by atoms with Crippen LogP contribution in [0, 0.1) is 13.8 Å². The zero-order valence-electron chi connectivity index (χ0n) is 26.4. The lowest BCUT2D eigenvalue weighted by Crippen LogP contribution is -2.29. The molecule has 0 aliphatic carbocycles. The fourth-order valence-corrected chi connectivity index (χ4v) is 6.66. The second-order valence-electron chi connectivity index (χ2n) is 11.5. The molecule has 0 saturated heterocycles. The van der Waals surface area contributed by atoms with Gasteiger partial charge in [0.05, 0.1) is 33.5 Å². The van der Waals surface area contributed by atoms with Gasteiger partial charge in [0.25, 0.3) is 11.8 Å². The molecular weight excluding hydrogens is 564 g/mol. The molecule has 4 nitrogen and oxygen atoms in total. The van der Waals surface area contributed by atoms with E-state index in [1.807, 2.05) is 92.7 Å². The van der Waals surface area contributed by atoms with Gasteiger partial charge in [0.1, 0.15) is 0 Å². The van der Waals surface area contributed by atoms with Crippen LogP contribution in [0.25, 0.3) is 49.7 Å². The molecule has 1 aromatic heterocycles. The van der Waals surface area contributed by atoms with Crippen LogP contribution in [-0.4, -0.2) is 16.4 Å². The van der Waals surface area contributed by atoms with Gasteiger partial charge in [0, 0.05) is 10.8 Å². The summed E-state index contributed by atoms with van der Waals surface area (Å²) < 4.78 is 2.14. The normalized spacial score (nSPS) is 12.4. The molecule has 1 aliphatic rings. The van der Waals surface area contributed by atoms with Crippen molar-refractivity contribution in [2.45, 2.75) is 27.7 Å². The van der Waals surface area contributed by atoms with Gasteiger partial charge in [0.2, 0.25) is 0 Å². The first-order valence-corrected chi connectivity index (χ1v) is 15.8. The molecule has 0 N–H and O–H groups in total. The van der Waals surface area contributed by atoms with E-state index in [1.165, 1.54) is 21.6 Å². The highest BCUT2D eigenvalue weighted by Crippen LogP contribution is 2.39. The van der Waals surface area contributed by atoms with Crippen molar-refractivity contribution in [3.8, 4) is 27.9 Å². The molecule has 0 spiro atoms. The minimum atomic E-state index is -0.315. The fraction of sp³-hybridized carbons (Fsp3) is 0.0952. The quantitative estimate of drug-likeness (QED) is 0.189. The van der Waals surface area contributed by atoms with Gasteiger partial charge in [-0.15, -0.1) is 0 Å². The van der Waals surface area contributed by atoms with Gasteiger partial charge in [-0.05, 0) is 78.1 Å². The van der Waals surface area contributed by atoms with Crippen molar-refractivity contribution in [2.75, 3.05) is 4.90 Å². The molecular formula is C42H34N2O2. The largest absolute Gasteiger partial charge is 0.308 e. The lowest BCUT2D eigenvalue weighted by Gasteiger charge is -2.15. The Balaban J connectivity index is 0.00000166. The highest BCUT2D eigenvalue weighted by molar-refractivity contribution is 6.35. The molecule has 0 atom stereocenters. The topological polar surface area (TPSA) is 42.3 Å². The van der Waals surface area contributed by atoms with Gasteiger partial charge in [0.15, 0.2) is 0 Å². The van der Waals surface area contributed by atoms with Crippen LogP contribution in [0.5, 0.6) is 0 Å². The number of fused-ring (bicyclic) bond motifs is 4. The van der Waals surface area contributed by atoms with Crippen LogP contribution in [0.15, 0.2) is 133 Å². The van der Waals surface area contributed by atoms with Crippen molar-refractivity contribution in [3.05, 3.63) is 156 Å². The van der Waals surface area contributed by atoms with Crippen LogP contribution in [-0.2, 0) is 0 Å². The number of carbonyl (C=O) groups is 2. The average molecular weight is 599 g/mol. The minimum absolute atomic E-state index is 0.309. The Kier molecular flexibility index (Phi) is 7.34. The predicted molar refractivity (Wildman–Crippen MR) is 190 cm³/mol. The molecule has 6 aromatic carbocycles. The van der Waals surface area contributed by atoms with Crippen molar-refractivity contribution in [2.24, 2.45) is 0 Å². The number of hydrogen-bond acceptors (Lipinski definition) is 2. The molecule has 0 saturated carbocycles. The Morgan fingerprint density at radius 1 is 0.500 bits per heavy atom. The van der Waals surface area contributed by atoms with Gasteiger partial charge in [-0.2, -0.15) is 0 Å². The number of aryl methyl sites for hydroxylation is 2. The number of carbonyl (C=O) groups excluding carboxylic acids is 2. The fourth-order valence-electron chi connectivity index (χ4n) is 6.66. The second-order valence-corrected chi connectivity index (χ2v) is 11.5. The first-order valence-electron chi connectivity index (χ1n) is 15.8. The lowest BCUT2D eigenvalue weighted by atomic mass is 9.97. The smallest absolute Gasteiger partial charge is 0.268 e. The number of imide groups is 1. The van der Waals surface area contributed by atoms with E-state index in [4.69, 9.17) is 0 Å². The number of para-hydroxylation sites is 1. The summed E-state index contributed by atoms with van der Waals surface area (Å²) in [6.45, 7) is 8.24. The number of nitrogens with zero attached hydrogens (tertiary/aromatic N) is 2. The highest BCUT2D eigenvalue weighted by Gasteiger charge is 2.39. The van der Waals surface area contributed by atoms with Gasteiger partial charge in [-0.1, -0.05) is 116 Å². The third-order valence-electron chi connectivity index (χ3n) is 8.73. The standard InChI is InChI=1S/C40H28N2O2.C2H6/c1-25-15-21-31(26(2)23-25)29-18-22-33-32-11-6-7-13-35(32)42(37(33)24-29)36-14-8-12-34-38(36)40(44)41(39(34)43)30-19-16-28(17-20-30)27-9-4-3-5-10-27;1-2/h3-24H,1-2H3;1-2H3. The number of amides is 2. The summed E-state index contributed by atoms with van der Waals surface area (Å²) in [6, 6.07) is 44.5. The lowest BCUT2D eigenvalue weighted by molar-refractivity contribution is 0.0926. The summed E-state index contributed by atoms with van der Waals surface area (Å²) in [5.41, 5.74) is 10.9. The van der Waals surface area contributed by atoms with Crippen LogP contribution in [0.1, 0.15) is 45.7 Å². The molecule has 46 heavy (non-hydrogen) atoms. The number of hydrogen-bond donors (Lipinski definition) is 0. The molecule has 7 aromatic rings. The third-order valence-corrected chi connectivity index (χ3v) is 8.73. The highest BCUT2D eigenvalue weighted by atomic mass is 16.2. The van der Waals surface area contributed by atoms with Gasteiger partial charge >= 0.3 is 0 Å². The van der Waals surface area contributed by atoms with Crippen LogP contribution in [0.2, 0.25) is 0 Å². The van der Waals surface area contributed by atoms with E-state index >= 15 is 0 Å². The van der Waals surface area contributed by atoms with Crippen molar-refractivity contribution in [3.63, 3.8) is 0 Å². The maximum atomic E-state index is 14.2. The summed E-state index contributed by atoms with van der Waals surface area (Å²) >= 11 is 0. The minimum Gasteiger partial charge on any atom is -0.308 e. The van der Waals surface area contributed by atoms with Crippen LogP contribution < -0.4 is 4.90 Å². The summed E-state index contributed by atoms with van der Waals surface area (Å²) in [5.74, 6) is -0.624. The molecule has 0 fully saturated rings. The Morgan fingerprint density at radius 3 is 1.93 bits per heavy atom. The Morgan fingerprint density at radius 2 is 1.17 bits per heavy atom. The molecule has 0 unspecified atom stereocenters. The molecule has 0 bridgehead atoms. The van der Waals surface area contributed by atoms with Gasteiger partial charge in [-0.3, -0.25) is 9.59 Å². The first kappa shape index (κ1) is 29.0. The van der Waals surface area contributed by atoms with Crippen LogP contribution in [0.3, 0.4) is 0 Å². The summed E-state index contributed by atoms with van der Waals surface area (Å²) in [6.07, 6.45) is 0. The number of benzene rings is 6. The van der Waals surface area contributed by atoms with E-state index < -0.39 is 0 Å². The monoisotopic (exact) mass is 598 g/mol. The zero-order chi connectivity index (χ0) is 31.9. The first-order chi connectivity index (χ1) is 22.5. The van der Waals surface area contributed by atoms with E-state index in [0.29, 0.717) is 22.5 Å². The third kappa shape index (κ3) is 4.62. The van der Waals surface area contributed by atoms with Crippen LogP contribution in [0.4, 0.5) is 5.69 Å². The second kappa shape index (κ2) is 11.6. The van der Waals surface area contributed by atoms with E-state index in [2.05, 4.69) is 66.9 Å². The van der Waals surface area contributed by atoms with Crippen LogP contribution >= 0.6 is 0 Å². The molecule has 224 valence electrons. The SMILES string of the molecule is CC.Cc1ccc(-c2ccc3c4ccccc4n(-c4cccc5c4C(=O)N(c4ccc(-c6ccccc6)cc4)C5=O)c3c2)c(C)c1. The number of anilines is 1. The number of aromatic nitrogens is 1. The van der Waals surface area contributed by atoms with Gasteiger partial charge < -0.3 is 4.57 Å². The van der Waals surface area contributed by atoms with Crippen molar-refractivity contribution in [1.82, 2.24) is 4.57 Å².